The molecule has 0 radical (unpaired) electrons. The van der Waals surface area contributed by atoms with Crippen molar-refractivity contribution in [3.63, 3.8) is 0 Å². The van der Waals surface area contributed by atoms with Crippen LogP contribution in [0.3, 0.4) is 0 Å². The molecule has 1 aliphatic rings. The van der Waals surface area contributed by atoms with Crippen molar-refractivity contribution < 1.29 is 9.53 Å². The number of carbonyl (C=O) groups excluding carboxylic acids is 1. The minimum atomic E-state index is -0.532. The molecule has 3 aromatic heterocycles. The lowest BCUT2D eigenvalue weighted by molar-refractivity contribution is -0.119. The molecule has 0 saturated heterocycles. The molecule has 1 aliphatic heterocycles. The molecule has 30 heavy (non-hydrogen) atoms. The Kier molecular flexibility index (Phi) is 3.95. The van der Waals surface area contributed by atoms with Crippen LogP contribution in [0.15, 0.2) is 54.9 Å². The molecular formula is C22H20N6O2. The minimum absolute atomic E-state index is 0.00240. The third kappa shape index (κ3) is 2.85. The Morgan fingerprint density at radius 1 is 1.07 bits per heavy atom. The van der Waals surface area contributed by atoms with Gasteiger partial charge in [-0.2, -0.15) is 0 Å². The summed E-state index contributed by atoms with van der Waals surface area (Å²) in [5.41, 5.74) is 4.74. The van der Waals surface area contributed by atoms with Crippen LogP contribution >= 0.6 is 0 Å². The van der Waals surface area contributed by atoms with Crippen molar-refractivity contribution in [2.45, 2.75) is 19.3 Å². The van der Waals surface area contributed by atoms with Gasteiger partial charge in [-0.25, -0.2) is 14.5 Å². The highest BCUT2D eigenvalue weighted by Gasteiger charge is 2.38. The van der Waals surface area contributed by atoms with Crippen molar-refractivity contribution in [1.29, 1.82) is 0 Å². The summed E-state index contributed by atoms with van der Waals surface area (Å²) in [4.78, 5) is 20.9. The monoisotopic (exact) mass is 400 g/mol. The highest BCUT2D eigenvalue weighted by molar-refractivity contribution is 6.06. The van der Waals surface area contributed by atoms with Gasteiger partial charge < -0.3 is 15.4 Å². The third-order valence-electron chi connectivity index (χ3n) is 5.40. The molecule has 0 bridgehead atoms. The molecule has 0 spiro atoms. The number of aromatic nitrogens is 4. The SMILES string of the molecule is COc1ccc(-c2ccc3cnc(Nc4ccc5c(c4)NC(=O)C5(C)C)nn23)cn1. The van der Waals surface area contributed by atoms with E-state index < -0.39 is 5.41 Å². The fraction of sp³-hybridized carbons (Fsp3) is 0.182. The van der Waals surface area contributed by atoms with Crippen molar-refractivity contribution in [3.8, 4) is 17.1 Å². The van der Waals surface area contributed by atoms with Crippen molar-refractivity contribution in [3.05, 3.63) is 60.4 Å². The summed E-state index contributed by atoms with van der Waals surface area (Å²) in [5, 5.41) is 10.8. The maximum Gasteiger partial charge on any atom is 0.245 e. The van der Waals surface area contributed by atoms with E-state index in [4.69, 9.17) is 4.74 Å². The number of fused-ring (bicyclic) bond motifs is 2. The quantitative estimate of drug-likeness (QED) is 0.542. The lowest BCUT2D eigenvalue weighted by Crippen LogP contribution is -2.26. The minimum Gasteiger partial charge on any atom is -0.481 e. The van der Waals surface area contributed by atoms with Crippen LogP contribution in [-0.2, 0) is 10.2 Å². The summed E-state index contributed by atoms with van der Waals surface area (Å²) < 4.78 is 6.95. The van der Waals surface area contributed by atoms with Crippen LogP contribution in [0.4, 0.5) is 17.3 Å². The van der Waals surface area contributed by atoms with Crippen LogP contribution in [0.25, 0.3) is 16.8 Å². The van der Waals surface area contributed by atoms with Gasteiger partial charge in [-0.15, -0.1) is 5.10 Å². The second-order valence-electron chi connectivity index (χ2n) is 7.69. The van der Waals surface area contributed by atoms with E-state index in [1.165, 1.54) is 0 Å². The molecule has 1 amide bonds. The van der Waals surface area contributed by atoms with Gasteiger partial charge in [-0.1, -0.05) is 6.07 Å². The lowest BCUT2D eigenvalue weighted by atomic mass is 9.86. The number of carbonyl (C=O) groups is 1. The molecule has 0 unspecified atom stereocenters. The van der Waals surface area contributed by atoms with E-state index in [2.05, 4.69) is 25.7 Å². The van der Waals surface area contributed by atoms with Crippen LogP contribution in [0.2, 0.25) is 0 Å². The number of amides is 1. The molecule has 5 rings (SSSR count). The van der Waals surface area contributed by atoms with Crippen LogP contribution in [0, 0.1) is 0 Å². The smallest absolute Gasteiger partial charge is 0.245 e. The van der Waals surface area contributed by atoms with Gasteiger partial charge in [-0.05, 0) is 49.7 Å². The Morgan fingerprint density at radius 3 is 2.70 bits per heavy atom. The zero-order chi connectivity index (χ0) is 20.9. The summed E-state index contributed by atoms with van der Waals surface area (Å²) in [7, 11) is 1.59. The van der Waals surface area contributed by atoms with Gasteiger partial charge in [0.25, 0.3) is 0 Å². The fourth-order valence-electron chi connectivity index (χ4n) is 3.63. The molecule has 8 nitrogen and oxygen atoms in total. The van der Waals surface area contributed by atoms with Crippen LogP contribution < -0.4 is 15.4 Å². The molecule has 4 heterocycles. The molecule has 0 aliphatic carbocycles. The molecule has 150 valence electrons. The fourth-order valence-corrected chi connectivity index (χ4v) is 3.63. The topological polar surface area (TPSA) is 93.4 Å². The summed E-state index contributed by atoms with van der Waals surface area (Å²) in [6, 6.07) is 13.5. The summed E-state index contributed by atoms with van der Waals surface area (Å²) in [6.07, 6.45) is 3.51. The molecule has 2 N–H and O–H groups in total. The number of anilines is 3. The highest BCUT2D eigenvalue weighted by Crippen LogP contribution is 2.38. The zero-order valence-corrected chi connectivity index (χ0v) is 16.8. The predicted molar refractivity (Wildman–Crippen MR) is 114 cm³/mol. The number of nitrogens with one attached hydrogen (secondary N) is 2. The van der Waals surface area contributed by atoms with E-state index in [9.17, 15) is 4.79 Å². The first-order valence-electron chi connectivity index (χ1n) is 9.54. The molecule has 0 atom stereocenters. The highest BCUT2D eigenvalue weighted by atomic mass is 16.5. The van der Waals surface area contributed by atoms with Crippen molar-refractivity contribution in [1.82, 2.24) is 19.6 Å². The molecular weight excluding hydrogens is 380 g/mol. The Hall–Kier alpha value is -3.94. The number of hydrogen-bond acceptors (Lipinski definition) is 6. The van der Waals surface area contributed by atoms with Gasteiger partial charge in [0.2, 0.25) is 17.7 Å². The first-order chi connectivity index (χ1) is 14.5. The van der Waals surface area contributed by atoms with Gasteiger partial charge in [0, 0.05) is 29.2 Å². The van der Waals surface area contributed by atoms with Gasteiger partial charge in [0.1, 0.15) is 0 Å². The Bertz CT molecular complexity index is 1280. The molecule has 0 fully saturated rings. The van der Waals surface area contributed by atoms with E-state index in [1.807, 2.05) is 60.8 Å². The average Bonchev–Trinajstić information content (AvgIpc) is 3.26. The van der Waals surface area contributed by atoms with E-state index in [1.54, 1.807) is 19.5 Å². The van der Waals surface area contributed by atoms with Gasteiger partial charge in [-0.3, -0.25) is 4.79 Å². The molecule has 1 aromatic carbocycles. The van der Waals surface area contributed by atoms with Gasteiger partial charge >= 0.3 is 0 Å². The van der Waals surface area contributed by atoms with Crippen molar-refractivity contribution in [2.75, 3.05) is 17.7 Å². The molecule has 0 saturated carbocycles. The van der Waals surface area contributed by atoms with E-state index in [-0.39, 0.29) is 5.91 Å². The maximum absolute atomic E-state index is 12.2. The number of pyridine rings is 1. The second-order valence-corrected chi connectivity index (χ2v) is 7.69. The van der Waals surface area contributed by atoms with Gasteiger partial charge in [0.15, 0.2) is 0 Å². The number of rotatable bonds is 4. The van der Waals surface area contributed by atoms with E-state index in [0.29, 0.717) is 11.8 Å². The number of methoxy groups -OCH3 is 1. The first-order valence-corrected chi connectivity index (χ1v) is 9.54. The second kappa shape index (κ2) is 6.55. The van der Waals surface area contributed by atoms with Crippen molar-refractivity contribution in [2.24, 2.45) is 0 Å². The summed E-state index contributed by atoms with van der Waals surface area (Å²) in [6.45, 7) is 3.83. The summed E-state index contributed by atoms with van der Waals surface area (Å²) in [5.74, 6) is 1.01. The number of benzene rings is 1. The molecule has 4 aromatic rings. The number of ether oxygens (including phenoxy) is 1. The zero-order valence-electron chi connectivity index (χ0n) is 16.8. The standard InChI is InChI=1S/C22H20N6O2/c1-22(2)16-7-5-14(10-17(16)26-20(22)29)25-21-24-12-15-6-8-18(28(15)27-21)13-4-9-19(30-3)23-11-13/h4-12H,1-3H3,(H,25,27)(H,26,29). The van der Waals surface area contributed by atoms with Crippen LogP contribution in [-0.4, -0.2) is 32.6 Å². The Morgan fingerprint density at radius 2 is 1.93 bits per heavy atom. The third-order valence-corrected chi connectivity index (χ3v) is 5.40. The normalized spacial score (nSPS) is 14.4. The number of hydrogen-bond donors (Lipinski definition) is 2. The predicted octanol–water partition coefficient (Wildman–Crippen LogP) is 3.77. The number of nitrogens with zero attached hydrogens (tertiary/aromatic N) is 4. The maximum atomic E-state index is 12.2. The average molecular weight is 400 g/mol. The van der Waals surface area contributed by atoms with E-state index >= 15 is 0 Å². The largest absolute Gasteiger partial charge is 0.481 e. The van der Waals surface area contributed by atoms with Crippen molar-refractivity contribution >= 4 is 28.7 Å². The van der Waals surface area contributed by atoms with Crippen LogP contribution in [0.1, 0.15) is 19.4 Å². The summed E-state index contributed by atoms with van der Waals surface area (Å²) >= 11 is 0. The Balaban J connectivity index is 1.47. The van der Waals surface area contributed by atoms with E-state index in [0.717, 1.165) is 33.7 Å². The Labute approximate surface area is 172 Å². The van der Waals surface area contributed by atoms with Gasteiger partial charge in [0.05, 0.1) is 29.9 Å². The van der Waals surface area contributed by atoms with Crippen LogP contribution in [0.5, 0.6) is 5.88 Å². The first kappa shape index (κ1) is 18.1. The lowest BCUT2D eigenvalue weighted by Gasteiger charge is -2.15. The molecule has 8 heteroatoms.